The van der Waals surface area contributed by atoms with Gasteiger partial charge in [0.15, 0.2) is 0 Å². The van der Waals surface area contributed by atoms with E-state index in [-0.39, 0.29) is 0 Å². The Morgan fingerprint density at radius 2 is 2.43 bits per heavy atom. The van der Waals surface area contributed by atoms with E-state index in [2.05, 4.69) is 15.3 Å². The quantitative estimate of drug-likeness (QED) is 0.833. The topological polar surface area (TPSA) is 54.9 Å². The first-order valence-corrected chi connectivity index (χ1v) is 6.15. The number of hydrogen-bond acceptors (Lipinski definition) is 4. The van der Waals surface area contributed by atoms with E-state index in [1.165, 1.54) is 12.5 Å². The second kappa shape index (κ2) is 5.93. The van der Waals surface area contributed by atoms with Crippen molar-refractivity contribution in [3.8, 4) is 0 Å². The number of hydrogen-bond donors (Lipinski definition) is 1. The molecule has 1 rings (SSSR count). The van der Waals surface area contributed by atoms with E-state index in [4.69, 9.17) is 11.6 Å². The van der Waals surface area contributed by atoms with E-state index >= 15 is 0 Å². The molecule has 0 aliphatic rings. The van der Waals surface area contributed by atoms with Gasteiger partial charge in [-0.15, -0.1) is 0 Å². The van der Waals surface area contributed by atoms with Gasteiger partial charge in [-0.25, -0.2) is 9.97 Å². The Morgan fingerprint density at radius 3 is 3.07 bits per heavy atom. The molecule has 14 heavy (non-hydrogen) atoms. The molecule has 0 fully saturated rings. The molecule has 0 spiro atoms. The van der Waals surface area contributed by atoms with E-state index in [0.29, 0.717) is 28.9 Å². The molecule has 0 bridgehead atoms. The molecule has 4 nitrogen and oxygen atoms in total. The number of aromatic nitrogens is 2. The minimum atomic E-state index is -0.756. The maximum atomic E-state index is 11.1. The zero-order chi connectivity index (χ0) is 10.4. The van der Waals surface area contributed by atoms with Gasteiger partial charge in [-0.1, -0.05) is 18.5 Å². The van der Waals surface area contributed by atoms with Crippen molar-refractivity contribution < 1.29 is 4.21 Å². The summed E-state index contributed by atoms with van der Waals surface area (Å²) in [6.45, 7) is 2.50. The van der Waals surface area contributed by atoms with Gasteiger partial charge in [0, 0.05) is 28.9 Å². The molecule has 0 saturated carbocycles. The molecule has 1 aromatic rings. The first kappa shape index (κ1) is 11.4. The second-order valence-corrected chi connectivity index (χ2v) is 4.85. The van der Waals surface area contributed by atoms with Crippen LogP contribution in [0.5, 0.6) is 0 Å². The third-order valence-electron chi connectivity index (χ3n) is 1.61. The Hall–Kier alpha value is -0.680. The van der Waals surface area contributed by atoms with Crippen molar-refractivity contribution in [2.75, 3.05) is 23.4 Å². The van der Waals surface area contributed by atoms with Gasteiger partial charge in [-0.2, -0.15) is 0 Å². The zero-order valence-electron chi connectivity index (χ0n) is 7.86. The number of halogens is 1. The third kappa shape index (κ3) is 3.59. The lowest BCUT2D eigenvalue weighted by atomic mass is 10.5. The summed E-state index contributed by atoms with van der Waals surface area (Å²) in [5.41, 5.74) is 0. The average molecular weight is 234 g/mol. The highest BCUT2D eigenvalue weighted by Gasteiger charge is 2.00. The standard InChI is InChI=1S/C8H12ClN3OS/c1-2-14(13)4-3-11-8-7(9)5-10-6-12-8/h5-6H,2-4H2,1H3,(H,10,11,12). The van der Waals surface area contributed by atoms with Crippen molar-refractivity contribution >= 4 is 28.2 Å². The van der Waals surface area contributed by atoms with Crippen LogP contribution in [-0.4, -0.2) is 32.2 Å². The number of rotatable bonds is 5. The lowest BCUT2D eigenvalue weighted by Gasteiger charge is -2.05. The lowest BCUT2D eigenvalue weighted by molar-refractivity contribution is 0.684. The van der Waals surface area contributed by atoms with Crippen LogP contribution in [0, 0.1) is 0 Å². The van der Waals surface area contributed by atoms with Crippen LogP contribution < -0.4 is 5.32 Å². The predicted molar refractivity (Wildman–Crippen MR) is 59.1 cm³/mol. The highest BCUT2D eigenvalue weighted by molar-refractivity contribution is 7.84. The van der Waals surface area contributed by atoms with Crippen molar-refractivity contribution in [1.29, 1.82) is 0 Å². The number of nitrogens with one attached hydrogen (secondary N) is 1. The normalized spacial score (nSPS) is 12.4. The minimum absolute atomic E-state index is 0.481. The number of anilines is 1. The fraction of sp³-hybridized carbons (Fsp3) is 0.500. The highest BCUT2D eigenvalue weighted by Crippen LogP contribution is 2.15. The molecule has 0 aliphatic carbocycles. The fourth-order valence-electron chi connectivity index (χ4n) is 0.870. The zero-order valence-corrected chi connectivity index (χ0v) is 9.44. The van der Waals surface area contributed by atoms with Crippen LogP contribution in [0.25, 0.3) is 0 Å². The minimum Gasteiger partial charge on any atom is -0.368 e. The highest BCUT2D eigenvalue weighted by atomic mass is 35.5. The lowest BCUT2D eigenvalue weighted by Crippen LogP contribution is -2.13. The van der Waals surface area contributed by atoms with Crippen LogP contribution in [-0.2, 0) is 10.8 Å². The van der Waals surface area contributed by atoms with Gasteiger partial charge in [0.05, 0.1) is 6.20 Å². The summed E-state index contributed by atoms with van der Waals surface area (Å²) in [5, 5.41) is 3.48. The van der Waals surface area contributed by atoms with Crippen LogP contribution in [0.2, 0.25) is 5.02 Å². The Kier molecular flexibility index (Phi) is 4.82. The van der Waals surface area contributed by atoms with Crippen molar-refractivity contribution in [2.45, 2.75) is 6.92 Å². The molecule has 0 radical (unpaired) electrons. The van der Waals surface area contributed by atoms with Crippen LogP contribution in [0.1, 0.15) is 6.92 Å². The van der Waals surface area contributed by atoms with Crippen LogP contribution in [0.3, 0.4) is 0 Å². The molecule has 1 atom stereocenters. The molecule has 1 heterocycles. The summed E-state index contributed by atoms with van der Waals surface area (Å²) < 4.78 is 11.1. The van der Waals surface area contributed by atoms with Gasteiger partial charge in [0.25, 0.3) is 0 Å². The van der Waals surface area contributed by atoms with Crippen LogP contribution >= 0.6 is 11.6 Å². The molecule has 1 unspecified atom stereocenters. The SMILES string of the molecule is CCS(=O)CCNc1ncncc1Cl. The van der Waals surface area contributed by atoms with E-state index < -0.39 is 10.8 Å². The Bertz CT molecular complexity index is 321. The van der Waals surface area contributed by atoms with Gasteiger partial charge in [-0.3, -0.25) is 4.21 Å². The summed E-state index contributed by atoms with van der Waals surface area (Å²) in [4.78, 5) is 7.71. The molecule has 1 N–H and O–H groups in total. The summed E-state index contributed by atoms with van der Waals surface area (Å²) >= 11 is 5.81. The summed E-state index contributed by atoms with van der Waals surface area (Å²) in [6.07, 6.45) is 2.94. The first-order valence-electron chi connectivity index (χ1n) is 4.28. The van der Waals surface area contributed by atoms with Gasteiger partial charge in [0.1, 0.15) is 17.2 Å². The molecular formula is C8H12ClN3OS. The molecule has 0 aromatic carbocycles. The maximum absolute atomic E-state index is 11.1. The van der Waals surface area contributed by atoms with Crippen LogP contribution in [0.15, 0.2) is 12.5 Å². The monoisotopic (exact) mass is 233 g/mol. The largest absolute Gasteiger partial charge is 0.368 e. The predicted octanol–water partition coefficient (Wildman–Crippen LogP) is 1.31. The smallest absolute Gasteiger partial charge is 0.148 e. The fourth-order valence-corrected chi connectivity index (χ4v) is 1.66. The molecule has 6 heteroatoms. The van der Waals surface area contributed by atoms with Gasteiger partial charge in [-0.05, 0) is 0 Å². The molecule has 1 aromatic heterocycles. The molecule has 0 aliphatic heterocycles. The molecule has 0 saturated heterocycles. The molecule has 0 amide bonds. The first-order chi connectivity index (χ1) is 6.74. The Balaban J connectivity index is 2.39. The van der Waals surface area contributed by atoms with E-state index in [9.17, 15) is 4.21 Å². The van der Waals surface area contributed by atoms with Crippen molar-refractivity contribution in [1.82, 2.24) is 9.97 Å². The molecule has 78 valence electrons. The Labute approximate surface area is 90.6 Å². The Morgan fingerprint density at radius 1 is 1.64 bits per heavy atom. The average Bonchev–Trinajstić information content (AvgIpc) is 2.20. The van der Waals surface area contributed by atoms with E-state index in [0.717, 1.165) is 0 Å². The van der Waals surface area contributed by atoms with Crippen molar-refractivity contribution in [3.05, 3.63) is 17.5 Å². The summed E-state index contributed by atoms with van der Waals surface area (Å²) in [5.74, 6) is 1.88. The maximum Gasteiger partial charge on any atom is 0.148 e. The van der Waals surface area contributed by atoms with Crippen molar-refractivity contribution in [3.63, 3.8) is 0 Å². The summed E-state index contributed by atoms with van der Waals surface area (Å²) in [7, 11) is -0.756. The molecular weight excluding hydrogens is 222 g/mol. The number of nitrogens with zero attached hydrogens (tertiary/aromatic N) is 2. The van der Waals surface area contributed by atoms with Gasteiger partial charge < -0.3 is 5.32 Å². The summed E-state index contributed by atoms with van der Waals surface area (Å²) in [6, 6.07) is 0. The van der Waals surface area contributed by atoms with Crippen molar-refractivity contribution in [2.24, 2.45) is 0 Å². The van der Waals surface area contributed by atoms with Gasteiger partial charge >= 0.3 is 0 Å². The van der Waals surface area contributed by atoms with E-state index in [1.54, 1.807) is 0 Å². The van der Waals surface area contributed by atoms with Gasteiger partial charge in [0.2, 0.25) is 0 Å². The second-order valence-electron chi connectivity index (χ2n) is 2.58. The third-order valence-corrected chi connectivity index (χ3v) is 3.19. The van der Waals surface area contributed by atoms with Crippen LogP contribution in [0.4, 0.5) is 5.82 Å². The van der Waals surface area contributed by atoms with E-state index in [1.807, 2.05) is 6.92 Å².